The molecule has 8 nitrogen and oxygen atoms in total. The van der Waals surface area contributed by atoms with Crippen molar-refractivity contribution in [3.63, 3.8) is 0 Å². The van der Waals surface area contributed by atoms with E-state index in [0.717, 1.165) is 6.92 Å². The van der Waals surface area contributed by atoms with Gasteiger partial charge in [0.1, 0.15) is 17.9 Å². The third-order valence-electron chi connectivity index (χ3n) is 3.02. The first-order chi connectivity index (χ1) is 11.2. The molecule has 0 saturated heterocycles. The van der Waals surface area contributed by atoms with Gasteiger partial charge in [-0.25, -0.2) is 9.18 Å². The van der Waals surface area contributed by atoms with Gasteiger partial charge in [-0.1, -0.05) is 12.1 Å². The number of hydrogen-bond acceptors (Lipinski definition) is 4. The van der Waals surface area contributed by atoms with E-state index in [2.05, 4.69) is 10.6 Å². The molecule has 0 bridgehead atoms. The van der Waals surface area contributed by atoms with Crippen molar-refractivity contribution in [2.75, 3.05) is 0 Å². The molecule has 130 valence electrons. The molecule has 0 aliphatic heterocycles. The van der Waals surface area contributed by atoms with Crippen LogP contribution in [0.25, 0.3) is 0 Å². The number of halogens is 1. The molecule has 1 aromatic carbocycles. The Kier molecular flexibility index (Phi) is 6.84. The van der Waals surface area contributed by atoms with Crippen LogP contribution < -0.4 is 10.6 Å². The molecule has 0 heterocycles. The molecule has 2 atom stereocenters. The van der Waals surface area contributed by atoms with E-state index in [4.69, 9.17) is 10.2 Å². The maximum absolute atomic E-state index is 13.2. The molecule has 4 N–H and O–H groups in total. The van der Waals surface area contributed by atoms with Crippen LogP contribution in [0.3, 0.4) is 0 Å². The van der Waals surface area contributed by atoms with Crippen molar-refractivity contribution in [2.45, 2.75) is 31.8 Å². The van der Waals surface area contributed by atoms with Crippen molar-refractivity contribution >= 4 is 23.8 Å². The highest BCUT2D eigenvalue weighted by molar-refractivity contribution is 5.91. The number of carboxylic acid groups (broad SMARTS) is 2. The van der Waals surface area contributed by atoms with Crippen LogP contribution in [0, 0.1) is 5.82 Å². The summed E-state index contributed by atoms with van der Waals surface area (Å²) in [5.41, 5.74) is 0.411. The van der Waals surface area contributed by atoms with Crippen molar-refractivity contribution in [3.05, 3.63) is 35.6 Å². The zero-order chi connectivity index (χ0) is 18.3. The fourth-order valence-corrected chi connectivity index (χ4v) is 2.00. The average molecular weight is 340 g/mol. The zero-order valence-electron chi connectivity index (χ0n) is 12.8. The van der Waals surface area contributed by atoms with Crippen molar-refractivity contribution in [1.29, 1.82) is 0 Å². The van der Waals surface area contributed by atoms with E-state index in [0.29, 0.717) is 5.56 Å². The van der Waals surface area contributed by atoms with Crippen LogP contribution in [-0.2, 0) is 25.6 Å². The Morgan fingerprint density at radius 1 is 1.12 bits per heavy atom. The van der Waals surface area contributed by atoms with E-state index in [-0.39, 0.29) is 6.42 Å². The highest BCUT2D eigenvalue weighted by Gasteiger charge is 2.27. The normalized spacial score (nSPS) is 12.8. The topological polar surface area (TPSA) is 133 Å². The lowest BCUT2D eigenvalue weighted by molar-refractivity contribution is -0.147. The lowest BCUT2D eigenvalue weighted by Crippen LogP contribution is -2.52. The van der Waals surface area contributed by atoms with E-state index in [1.54, 1.807) is 0 Å². The molecule has 0 aromatic heterocycles. The van der Waals surface area contributed by atoms with Crippen LogP contribution >= 0.6 is 0 Å². The second kappa shape index (κ2) is 8.61. The van der Waals surface area contributed by atoms with Gasteiger partial charge in [0.15, 0.2) is 0 Å². The van der Waals surface area contributed by atoms with Gasteiger partial charge in [0.05, 0.1) is 6.42 Å². The fraction of sp³-hybridized carbons (Fsp3) is 0.333. The Labute approximate surface area is 136 Å². The van der Waals surface area contributed by atoms with Crippen LogP contribution in [0.4, 0.5) is 4.39 Å². The minimum absolute atomic E-state index is 0.0808. The quantitative estimate of drug-likeness (QED) is 0.523. The average Bonchev–Trinajstić information content (AvgIpc) is 2.44. The van der Waals surface area contributed by atoms with Gasteiger partial charge in [-0.3, -0.25) is 14.4 Å². The number of rotatable bonds is 8. The van der Waals surface area contributed by atoms with Gasteiger partial charge in [0.2, 0.25) is 11.8 Å². The molecule has 2 amide bonds. The summed E-state index contributed by atoms with van der Waals surface area (Å²) in [5, 5.41) is 22.0. The number of amides is 2. The molecule has 0 unspecified atom stereocenters. The summed E-state index contributed by atoms with van der Waals surface area (Å²) in [4.78, 5) is 45.1. The molecule has 0 saturated carbocycles. The van der Waals surface area contributed by atoms with Gasteiger partial charge in [-0.05, 0) is 17.7 Å². The predicted molar refractivity (Wildman–Crippen MR) is 79.5 cm³/mol. The largest absolute Gasteiger partial charge is 0.481 e. The van der Waals surface area contributed by atoms with Gasteiger partial charge < -0.3 is 20.8 Å². The summed E-state index contributed by atoms with van der Waals surface area (Å²) in [6, 6.07) is 2.55. The molecule has 0 fully saturated rings. The first-order valence-electron chi connectivity index (χ1n) is 6.95. The van der Waals surface area contributed by atoms with Crippen LogP contribution in [0.15, 0.2) is 24.3 Å². The maximum Gasteiger partial charge on any atom is 0.326 e. The number of carbonyl (C=O) groups excluding carboxylic acids is 2. The summed E-state index contributed by atoms with van der Waals surface area (Å²) in [5.74, 6) is -4.86. The number of carboxylic acids is 2. The number of aliphatic carboxylic acids is 2. The van der Waals surface area contributed by atoms with Crippen LogP contribution in [0.5, 0.6) is 0 Å². The number of benzene rings is 1. The molecule has 0 radical (unpaired) electrons. The van der Waals surface area contributed by atoms with Crippen LogP contribution in [0.1, 0.15) is 18.9 Å². The molecule has 24 heavy (non-hydrogen) atoms. The van der Waals surface area contributed by atoms with Crippen LogP contribution in [0.2, 0.25) is 0 Å². The monoisotopic (exact) mass is 340 g/mol. The first kappa shape index (κ1) is 19.1. The molecule has 1 rings (SSSR count). The first-order valence-corrected chi connectivity index (χ1v) is 6.95. The van der Waals surface area contributed by atoms with Crippen molar-refractivity contribution < 1.29 is 33.8 Å². The lowest BCUT2D eigenvalue weighted by Gasteiger charge is -2.20. The summed E-state index contributed by atoms with van der Waals surface area (Å²) in [7, 11) is 0. The highest BCUT2D eigenvalue weighted by atomic mass is 19.1. The number of hydrogen-bond donors (Lipinski definition) is 4. The Morgan fingerprint density at radius 3 is 2.29 bits per heavy atom. The lowest BCUT2D eigenvalue weighted by atomic mass is 10.0. The number of carbonyl (C=O) groups is 4. The van der Waals surface area contributed by atoms with E-state index in [1.165, 1.54) is 24.3 Å². The summed E-state index contributed by atoms with van der Waals surface area (Å²) in [6.45, 7) is 1.16. The Morgan fingerprint density at radius 2 is 1.79 bits per heavy atom. The van der Waals surface area contributed by atoms with Crippen molar-refractivity contribution in [1.82, 2.24) is 10.6 Å². The van der Waals surface area contributed by atoms with Crippen molar-refractivity contribution in [2.24, 2.45) is 0 Å². The van der Waals surface area contributed by atoms with Crippen molar-refractivity contribution in [3.8, 4) is 0 Å². The van der Waals surface area contributed by atoms with E-state index in [1.807, 2.05) is 0 Å². The Balaban J connectivity index is 2.89. The molecular formula is C15H17FN2O6. The van der Waals surface area contributed by atoms with Crippen LogP contribution in [-0.4, -0.2) is 46.0 Å². The van der Waals surface area contributed by atoms with Gasteiger partial charge in [-0.15, -0.1) is 0 Å². The predicted octanol–water partition coefficient (Wildman–Crippen LogP) is -0.0830. The summed E-state index contributed by atoms with van der Waals surface area (Å²) in [6.07, 6.45) is -0.892. The summed E-state index contributed by atoms with van der Waals surface area (Å²) >= 11 is 0. The smallest absolute Gasteiger partial charge is 0.326 e. The van der Waals surface area contributed by atoms with Gasteiger partial charge in [-0.2, -0.15) is 0 Å². The second-order valence-electron chi connectivity index (χ2n) is 5.08. The second-order valence-corrected chi connectivity index (χ2v) is 5.08. The standard InChI is InChI=1S/C15H17FN2O6/c1-8(19)17-11(6-9-3-2-4-10(16)5-9)14(22)18-12(15(23)24)7-13(20)21/h2-5,11-12H,6-7H2,1H3,(H,17,19)(H,18,22)(H,20,21)(H,23,24)/t11-,12-/m0/s1. The van der Waals surface area contributed by atoms with Gasteiger partial charge in [0.25, 0.3) is 0 Å². The van der Waals surface area contributed by atoms with Gasteiger partial charge >= 0.3 is 11.9 Å². The number of nitrogens with one attached hydrogen (secondary N) is 2. The molecule has 9 heteroatoms. The Hall–Kier alpha value is -2.97. The summed E-state index contributed by atoms with van der Waals surface area (Å²) < 4.78 is 13.2. The third-order valence-corrected chi connectivity index (χ3v) is 3.02. The maximum atomic E-state index is 13.2. The van der Waals surface area contributed by atoms with Gasteiger partial charge in [0, 0.05) is 13.3 Å². The third kappa shape index (κ3) is 6.42. The molecule has 1 aromatic rings. The zero-order valence-corrected chi connectivity index (χ0v) is 12.8. The minimum Gasteiger partial charge on any atom is -0.481 e. The molecule has 0 spiro atoms. The molecule has 0 aliphatic rings. The van der Waals surface area contributed by atoms with E-state index in [9.17, 15) is 23.6 Å². The fourth-order valence-electron chi connectivity index (χ4n) is 2.00. The SMILES string of the molecule is CC(=O)N[C@@H](Cc1cccc(F)c1)C(=O)N[C@@H](CC(=O)O)C(=O)O. The Bertz CT molecular complexity index is 649. The highest BCUT2D eigenvalue weighted by Crippen LogP contribution is 2.07. The minimum atomic E-state index is -1.64. The molecule has 0 aliphatic carbocycles. The van der Waals surface area contributed by atoms with E-state index < -0.39 is 48.1 Å². The molecular weight excluding hydrogens is 323 g/mol. The van der Waals surface area contributed by atoms with E-state index >= 15 is 0 Å².